The molecule has 0 aliphatic carbocycles. The zero-order valence-corrected chi connectivity index (χ0v) is 42.9. The van der Waals surface area contributed by atoms with Crippen molar-refractivity contribution < 1.29 is 0 Å². The van der Waals surface area contributed by atoms with Crippen LogP contribution < -0.4 is 26.2 Å². The van der Waals surface area contributed by atoms with Gasteiger partial charge in [-0.1, -0.05) is 185 Å². The number of aryl methyl sites for hydroxylation is 1. The van der Waals surface area contributed by atoms with Gasteiger partial charge in [0.25, 0.3) is 6.71 Å². The zero-order valence-electron chi connectivity index (χ0n) is 42.9. The maximum atomic E-state index is 2.64. The van der Waals surface area contributed by atoms with Crippen molar-refractivity contribution >= 4 is 57.2 Å². The molecule has 64 heavy (non-hydrogen) atoms. The fraction of sp³-hybridized carbons (Fsp3) is 0.410. The first-order valence-corrected chi connectivity index (χ1v) is 23.9. The molecule has 0 amide bonds. The van der Waals surface area contributed by atoms with Crippen molar-refractivity contribution in [1.29, 1.82) is 0 Å². The van der Waals surface area contributed by atoms with Crippen LogP contribution in [0.1, 0.15) is 164 Å². The summed E-state index contributed by atoms with van der Waals surface area (Å²) in [7, 11) is 0. The number of hydrogen-bond donors (Lipinski definition) is 0. The van der Waals surface area contributed by atoms with E-state index < -0.39 is 0 Å². The van der Waals surface area contributed by atoms with Crippen molar-refractivity contribution in [2.45, 2.75) is 164 Å². The highest BCUT2D eigenvalue weighted by Crippen LogP contribution is 2.49. The Morgan fingerprint density at radius 2 is 0.703 bits per heavy atom. The third kappa shape index (κ3) is 8.16. The average molecular weight is 847 g/mol. The van der Waals surface area contributed by atoms with Gasteiger partial charge >= 0.3 is 0 Å². The van der Waals surface area contributed by atoms with Crippen LogP contribution in [0.25, 0.3) is 11.1 Å². The van der Waals surface area contributed by atoms with Crippen LogP contribution in [0.15, 0.2) is 109 Å². The second-order valence-corrected chi connectivity index (χ2v) is 25.4. The molecule has 2 heterocycles. The lowest BCUT2D eigenvalue weighted by molar-refractivity contribution is 0.569. The SMILES string of the molecule is Cc1cc2c3c(c1)N(c1ccc(C(C)(C)C)cc1-c1cc(C(C)(C)C)cc(C(C)(C)C)c1)c1ccc(C(C)(C)C)cc1B3c1cc(C(C)(C)C)ccc1N2c1ccc(C(C)(C)C)cc1. The van der Waals surface area contributed by atoms with Gasteiger partial charge in [-0.25, -0.2) is 0 Å². The van der Waals surface area contributed by atoms with E-state index in [4.69, 9.17) is 0 Å². The Morgan fingerprint density at radius 1 is 0.328 bits per heavy atom. The second kappa shape index (κ2) is 15.0. The fourth-order valence-electron chi connectivity index (χ4n) is 9.80. The van der Waals surface area contributed by atoms with Crippen LogP contribution in [0.3, 0.4) is 0 Å². The predicted octanol–water partition coefficient (Wildman–Crippen LogP) is 15.5. The first-order chi connectivity index (χ1) is 29.4. The number of benzene rings is 6. The Kier molecular flexibility index (Phi) is 10.7. The first-order valence-electron chi connectivity index (χ1n) is 23.9. The van der Waals surface area contributed by atoms with E-state index >= 15 is 0 Å². The largest absolute Gasteiger partial charge is 0.311 e. The maximum absolute atomic E-state index is 2.64. The molecule has 0 N–H and O–H groups in total. The quantitative estimate of drug-likeness (QED) is 0.163. The van der Waals surface area contributed by atoms with E-state index in [2.05, 4.69) is 251 Å². The van der Waals surface area contributed by atoms with E-state index in [1.165, 1.54) is 101 Å². The molecule has 0 bridgehead atoms. The van der Waals surface area contributed by atoms with Crippen molar-refractivity contribution in [3.63, 3.8) is 0 Å². The molecule has 0 saturated heterocycles. The summed E-state index contributed by atoms with van der Waals surface area (Å²) in [6, 6.07) is 43.8. The average Bonchev–Trinajstić information content (AvgIpc) is 3.18. The molecule has 2 nitrogen and oxygen atoms in total. The van der Waals surface area contributed by atoms with E-state index in [-0.39, 0.29) is 39.2 Å². The van der Waals surface area contributed by atoms with Crippen LogP contribution in [-0.4, -0.2) is 6.71 Å². The standard InChI is InChI=1S/C61H75BN2/c1-38-30-53-55-54(31-38)64(50-27-22-41(57(5,6)7)35-47(50)39-32-44(60(14,15)16)34-45(33-39)61(17,18)19)52-29-24-43(59(11,12)13)37-49(52)62(55)48-36-42(58(8,9)10)23-28-51(48)63(53)46-25-20-40(21-26-46)56(2,3)4/h20-37H,1-19H3. The number of anilines is 6. The van der Waals surface area contributed by atoms with Crippen LogP contribution >= 0.6 is 0 Å². The van der Waals surface area contributed by atoms with Crippen LogP contribution in [0.5, 0.6) is 0 Å². The summed E-state index contributed by atoms with van der Waals surface area (Å²) in [5.41, 5.74) is 23.4. The molecule has 0 spiro atoms. The number of fused-ring (bicyclic) bond motifs is 4. The molecular formula is C61H75BN2. The lowest BCUT2D eigenvalue weighted by atomic mass is 9.33. The lowest BCUT2D eigenvalue weighted by Gasteiger charge is -2.45. The first kappa shape index (κ1) is 45.5. The summed E-state index contributed by atoms with van der Waals surface area (Å²) >= 11 is 0. The number of rotatable bonds is 3. The van der Waals surface area contributed by atoms with Gasteiger partial charge in [0, 0.05) is 34.0 Å². The molecule has 2 aliphatic heterocycles. The van der Waals surface area contributed by atoms with Crippen LogP contribution in [0, 0.1) is 6.92 Å². The van der Waals surface area contributed by atoms with Gasteiger partial charge in [0.1, 0.15) is 0 Å². The van der Waals surface area contributed by atoms with Crippen LogP contribution in [0.4, 0.5) is 34.1 Å². The van der Waals surface area contributed by atoms with Gasteiger partial charge in [-0.15, -0.1) is 0 Å². The van der Waals surface area contributed by atoms with E-state index in [0.29, 0.717) is 0 Å². The molecule has 0 saturated carbocycles. The monoisotopic (exact) mass is 847 g/mol. The Labute approximate surface area is 388 Å². The number of nitrogens with zero attached hydrogens (tertiary/aromatic N) is 2. The summed E-state index contributed by atoms with van der Waals surface area (Å²) in [4.78, 5) is 5.21. The maximum Gasteiger partial charge on any atom is 0.252 e. The smallest absolute Gasteiger partial charge is 0.252 e. The van der Waals surface area contributed by atoms with Crippen molar-refractivity contribution in [2.24, 2.45) is 0 Å². The highest BCUT2D eigenvalue weighted by atomic mass is 15.2. The van der Waals surface area contributed by atoms with Gasteiger partial charge in [0.05, 0.1) is 5.69 Å². The van der Waals surface area contributed by atoms with E-state index in [1.807, 2.05) is 0 Å². The molecule has 6 aromatic rings. The summed E-state index contributed by atoms with van der Waals surface area (Å²) < 4.78 is 0. The van der Waals surface area contributed by atoms with Crippen molar-refractivity contribution in [2.75, 3.05) is 9.80 Å². The van der Waals surface area contributed by atoms with E-state index in [9.17, 15) is 0 Å². The Bertz CT molecular complexity index is 2750. The van der Waals surface area contributed by atoms with Crippen molar-refractivity contribution in [3.05, 3.63) is 148 Å². The third-order valence-corrected chi connectivity index (χ3v) is 14.0. The van der Waals surface area contributed by atoms with Crippen molar-refractivity contribution in [3.8, 4) is 11.1 Å². The molecule has 0 unspecified atom stereocenters. The summed E-state index contributed by atoms with van der Waals surface area (Å²) in [5.74, 6) is 0. The summed E-state index contributed by atoms with van der Waals surface area (Å²) in [6.45, 7) is 44.5. The van der Waals surface area contributed by atoms with Gasteiger partial charge in [-0.2, -0.15) is 0 Å². The van der Waals surface area contributed by atoms with E-state index in [0.717, 1.165) is 0 Å². The van der Waals surface area contributed by atoms with Crippen LogP contribution in [-0.2, 0) is 32.5 Å². The van der Waals surface area contributed by atoms with Crippen LogP contribution in [0.2, 0.25) is 0 Å². The summed E-state index contributed by atoms with van der Waals surface area (Å²) in [5, 5.41) is 0. The third-order valence-electron chi connectivity index (χ3n) is 14.0. The molecular weight excluding hydrogens is 771 g/mol. The Hall–Kier alpha value is -5.02. The normalized spacial score (nSPS) is 14.4. The van der Waals surface area contributed by atoms with Crippen molar-refractivity contribution in [1.82, 2.24) is 0 Å². The molecule has 332 valence electrons. The minimum atomic E-state index is -0.0334. The molecule has 2 aliphatic rings. The van der Waals surface area contributed by atoms with Gasteiger partial charge in [-0.3, -0.25) is 0 Å². The zero-order chi connectivity index (χ0) is 46.9. The lowest BCUT2D eigenvalue weighted by Crippen LogP contribution is -2.61. The molecule has 0 fully saturated rings. The van der Waals surface area contributed by atoms with Gasteiger partial charge in [0.15, 0.2) is 0 Å². The molecule has 0 aromatic heterocycles. The molecule has 8 rings (SSSR count). The molecule has 0 radical (unpaired) electrons. The fourth-order valence-corrected chi connectivity index (χ4v) is 9.80. The molecule has 3 heteroatoms. The topological polar surface area (TPSA) is 6.48 Å². The minimum absolute atomic E-state index is 0.0153. The Balaban J connectivity index is 1.51. The van der Waals surface area contributed by atoms with E-state index in [1.54, 1.807) is 0 Å². The van der Waals surface area contributed by atoms with Gasteiger partial charge in [-0.05, 0) is 149 Å². The molecule has 0 atom stereocenters. The number of hydrogen-bond acceptors (Lipinski definition) is 2. The second-order valence-electron chi connectivity index (χ2n) is 25.4. The van der Waals surface area contributed by atoms with Gasteiger partial charge < -0.3 is 9.80 Å². The Morgan fingerprint density at radius 3 is 1.14 bits per heavy atom. The minimum Gasteiger partial charge on any atom is -0.311 e. The predicted molar refractivity (Wildman–Crippen MR) is 283 cm³/mol. The highest BCUT2D eigenvalue weighted by Gasteiger charge is 2.45. The van der Waals surface area contributed by atoms with Gasteiger partial charge in [0.2, 0.25) is 0 Å². The highest BCUT2D eigenvalue weighted by molar-refractivity contribution is 7.00. The molecule has 6 aromatic carbocycles. The summed E-state index contributed by atoms with van der Waals surface area (Å²) in [6.07, 6.45) is 0.